The van der Waals surface area contributed by atoms with Crippen LogP contribution in [-0.2, 0) is 14.3 Å². The summed E-state index contributed by atoms with van der Waals surface area (Å²) in [6.45, 7) is 3.20. The Hall–Kier alpha value is -3.87. The number of nitrogens with one attached hydrogen (secondary N) is 2. The largest absolute Gasteiger partial charge is 0.378 e. The minimum Gasteiger partial charge on any atom is -0.378 e. The van der Waals surface area contributed by atoms with E-state index in [0.717, 1.165) is 0 Å². The van der Waals surface area contributed by atoms with Crippen molar-refractivity contribution >= 4 is 34.6 Å². The average molecular weight is 527 g/mol. The number of aromatic nitrogens is 4. The zero-order chi connectivity index (χ0) is 26.2. The Bertz CT molecular complexity index is 1360. The lowest BCUT2D eigenvalue weighted by Crippen LogP contribution is -2.44. The number of nitrogens with zero attached hydrogens (tertiary/aromatic N) is 6. The maximum absolute atomic E-state index is 14.1. The lowest BCUT2D eigenvalue weighted by Gasteiger charge is -2.28. The molecular weight excluding hydrogens is 498 g/mol. The summed E-state index contributed by atoms with van der Waals surface area (Å²) in [5, 5.41) is 6.13. The molecule has 3 fully saturated rings. The predicted octanol–water partition coefficient (Wildman–Crippen LogP) is 1.88. The van der Waals surface area contributed by atoms with Gasteiger partial charge in [-0.2, -0.15) is 9.97 Å². The van der Waals surface area contributed by atoms with Crippen LogP contribution in [0.5, 0.6) is 0 Å². The molecule has 0 spiro atoms. The molecular formula is C25H28F2N8O3. The number of anilines is 2. The van der Waals surface area contributed by atoms with Gasteiger partial charge in [0, 0.05) is 44.7 Å². The molecule has 3 saturated heterocycles. The zero-order valence-corrected chi connectivity index (χ0v) is 20.6. The Morgan fingerprint density at radius 3 is 2.68 bits per heavy atom. The molecule has 2 N–H and O–H groups in total. The monoisotopic (exact) mass is 526 g/mol. The van der Waals surface area contributed by atoms with Crippen LogP contribution in [0.3, 0.4) is 0 Å². The van der Waals surface area contributed by atoms with Crippen molar-refractivity contribution in [3.8, 4) is 5.82 Å². The first-order chi connectivity index (χ1) is 18.5. The van der Waals surface area contributed by atoms with E-state index in [1.54, 1.807) is 35.2 Å². The van der Waals surface area contributed by atoms with Crippen molar-refractivity contribution in [2.45, 2.75) is 37.8 Å². The Morgan fingerprint density at radius 1 is 1.11 bits per heavy atom. The molecule has 3 aliphatic heterocycles. The number of fused-ring (bicyclic) bond motifs is 1. The van der Waals surface area contributed by atoms with Gasteiger partial charge in [0.15, 0.2) is 5.82 Å². The van der Waals surface area contributed by atoms with Gasteiger partial charge in [-0.15, -0.1) is 0 Å². The number of amides is 2. The van der Waals surface area contributed by atoms with Crippen molar-refractivity contribution < 1.29 is 23.1 Å². The van der Waals surface area contributed by atoms with Crippen molar-refractivity contribution in [2.75, 3.05) is 49.6 Å². The van der Waals surface area contributed by atoms with Crippen molar-refractivity contribution in [3.05, 3.63) is 36.2 Å². The number of halogens is 2. The van der Waals surface area contributed by atoms with Crippen LogP contribution < -0.4 is 15.5 Å². The van der Waals surface area contributed by atoms with Crippen LogP contribution in [-0.4, -0.2) is 87.7 Å². The standard InChI is InChI=1S/C25H28F2N8O3/c26-22(27)23-30-16-3-1-2-4-18(16)35(23)20-13-19(31-25(32-20)33-9-11-38-12-10-33)28-15-7-8-34(14-15)24(37)17-5-6-21(36)29-17/h1-4,13,15,17,22H,5-12,14H2,(H,29,36)(H,28,31,32)/t15-,17-/m0/s1. The third-order valence-corrected chi connectivity index (χ3v) is 7.15. The fraction of sp³-hybridized carbons (Fsp3) is 0.480. The molecule has 2 atom stereocenters. The number of alkyl halides is 2. The molecule has 6 rings (SSSR count). The van der Waals surface area contributed by atoms with Gasteiger partial charge in [0.2, 0.25) is 17.8 Å². The molecule has 2 aromatic heterocycles. The van der Waals surface area contributed by atoms with Crippen LogP contribution in [0.4, 0.5) is 20.5 Å². The molecule has 0 radical (unpaired) electrons. The number of carbonyl (C=O) groups is 2. The van der Waals surface area contributed by atoms with Gasteiger partial charge in [-0.1, -0.05) is 12.1 Å². The molecule has 1 aromatic carbocycles. The number of rotatable bonds is 6. The smallest absolute Gasteiger partial charge is 0.296 e. The number of ether oxygens (including phenoxy) is 1. The Balaban J connectivity index is 1.31. The van der Waals surface area contributed by atoms with E-state index in [9.17, 15) is 18.4 Å². The van der Waals surface area contributed by atoms with Crippen molar-refractivity contribution in [3.63, 3.8) is 0 Å². The van der Waals surface area contributed by atoms with Gasteiger partial charge in [0.25, 0.3) is 6.43 Å². The van der Waals surface area contributed by atoms with Crippen molar-refractivity contribution in [2.24, 2.45) is 0 Å². The molecule has 11 nitrogen and oxygen atoms in total. The number of likely N-dealkylation sites (tertiary alicyclic amines) is 1. The summed E-state index contributed by atoms with van der Waals surface area (Å²) >= 11 is 0. The lowest BCUT2D eigenvalue weighted by molar-refractivity contribution is -0.133. The number of carbonyl (C=O) groups excluding carboxylic acids is 2. The van der Waals surface area contributed by atoms with Crippen molar-refractivity contribution in [1.82, 2.24) is 29.7 Å². The number of morpholine rings is 1. The van der Waals surface area contributed by atoms with Crippen LogP contribution >= 0.6 is 0 Å². The van der Waals surface area contributed by atoms with E-state index in [2.05, 4.69) is 20.6 Å². The van der Waals surface area contributed by atoms with E-state index in [1.807, 2.05) is 4.90 Å². The van der Waals surface area contributed by atoms with Crippen LogP contribution in [0.1, 0.15) is 31.5 Å². The Morgan fingerprint density at radius 2 is 1.92 bits per heavy atom. The normalized spacial score (nSPS) is 21.9. The third-order valence-electron chi connectivity index (χ3n) is 7.15. The summed E-state index contributed by atoms with van der Waals surface area (Å²) in [6, 6.07) is 8.04. The molecule has 0 bridgehead atoms. The van der Waals surface area contributed by atoms with Gasteiger partial charge in [0.05, 0.1) is 24.2 Å². The minimum atomic E-state index is -2.80. The highest BCUT2D eigenvalue weighted by Gasteiger charge is 2.35. The maximum Gasteiger partial charge on any atom is 0.296 e. The molecule has 3 aliphatic rings. The van der Waals surface area contributed by atoms with E-state index in [-0.39, 0.29) is 29.5 Å². The fourth-order valence-corrected chi connectivity index (χ4v) is 5.25. The highest BCUT2D eigenvalue weighted by molar-refractivity contribution is 5.91. The zero-order valence-electron chi connectivity index (χ0n) is 20.6. The maximum atomic E-state index is 14.1. The van der Waals surface area contributed by atoms with Gasteiger partial charge in [-0.05, 0) is 25.0 Å². The van der Waals surface area contributed by atoms with E-state index in [0.29, 0.717) is 81.5 Å². The Kier molecular flexibility index (Phi) is 6.52. The minimum absolute atomic E-state index is 0.0796. The molecule has 0 aliphatic carbocycles. The van der Waals surface area contributed by atoms with Crippen LogP contribution in [0, 0.1) is 0 Å². The van der Waals surface area contributed by atoms with Gasteiger partial charge < -0.3 is 25.2 Å². The van der Waals surface area contributed by atoms with Gasteiger partial charge in [-0.3, -0.25) is 14.2 Å². The summed E-state index contributed by atoms with van der Waals surface area (Å²) in [5.74, 6) is 0.599. The molecule has 0 unspecified atom stereocenters. The quantitative estimate of drug-likeness (QED) is 0.500. The SMILES string of the molecule is O=C1CC[C@@H](C(=O)N2CC[C@H](Nc3cc(-n4c(C(F)F)nc5ccccc54)nc(N4CCOCC4)n3)C2)N1. The summed E-state index contributed by atoms with van der Waals surface area (Å²) in [7, 11) is 0. The van der Waals surface area contributed by atoms with Gasteiger partial charge in [-0.25, -0.2) is 13.8 Å². The number of hydrogen-bond acceptors (Lipinski definition) is 8. The first kappa shape index (κ1) is 24.5. The first-order valence-electron chi connectivity index (χ1n) is 12.8. The van der Waals surface area contributed by atoms with E-state index >= 15 is 0 Å². The van der Waals surface area contributed by atoms with E-state index in [4.69, 9.17) is 9.72 Å². The second-order valence-corrected chi connectivity index (χ2v) is 9.68. The number of hydrogen-bond donors (Lipinski definition) is 2. The second kappa shape index (κ2) is 10.1. The van der Waals surface area contributed by atoms with Crippen LogP contribution in [0.15, 0.2) is 30.3 Å². The van der Waals surface area contributed by atoms with E-state index < -0.39 is 12.5 Å². The predicted molar refractivity (Wildman–Crippen MR) is 134 cm³/mol. The average Bonchev–Trinajstić information content (AvgIpc) is 3.67. The highest BCUT2D eigenvalue weighted by Crippen LogP contribution is 2.29. The number of imidazole rings is 1. The fourth-order valence-electron chi connectivity index (χ4n) is 5.25. The molecule has 2 amide bonds. The summed E-state index contributed by atoms with van der Waals surface area (Å²) in [6.07, 6.45) is -1.24. The van der Waals surface area contributed by atoms with Gasteiger partial charge in [0.1, 0.15) is 17.7 Å². The first-order valence-corrected chi connectivity index (χ1v) is 12.8. The molecule has 0 saturated carbocycles. The Labute approximate surface area is 217 Å². The van der Waals surface area contributed by atoms with E-state index in [1.165, 1.54) is 4.57 Å². The second-order valence-electron chi connectivity index (χ2n) is 9.68. The third kappa shape index (κ3) is 4.73. The molecule has 200 valence electrons. The van der Waals surface area contributed by atoms with Crippen LogP contribution in [0.2, 0.25) is 0 Å². The lowest BCUT2D eigenvalue weighted by atomic mass is 10.2. The highest BCUT2D eigenvalue weighted by atomic mass is 19.3. The topological polar surface area (TPSA) is 118 Å². The molecule has 13 heteroatoms. The summed E-state index contributed by atoms with van der Waals surface area (Å²) in [5.41, 5.74) is 0.976. The number of para-hydroxylation sites is 2. The molecule has 3 aromatic rings. The molecule has 38 heavy (non-hydrogen) atoms. The van der Waals surface area contributed by atoms with Crippen LogP contribution in [0.25, 0.3) is 16.9 Å². The molecule has 5 heterocycles. The summed E-state index contributed by atoms with van der Waals surface area (Å²) in [4.78, 5) is 41.6. The van der Waals surface area contributed by atoms with Gasteiger partial charge >= 0.3 is 0 Å². The number of benzene rings is 1. The summed E-state index contributed by atoms with van der Waals surface area (Å²) < 4.78 is 35.0. The van der Waals surface area contributed by atoms with Crippen molar-refractivity contribution in [1.29, 1.82) is 0 Å².